The van der Waals surface area contributed by atoms with E-state index < -0.39 is 12.1 Å². The number of rotatable bonds is 73. The molecule has 0 radical (unpaired) electrons. The molecule has 6 heteroatoms. The van der Waals surface area contributed by atoms with E-state index in [1.165, 1.54) is 334 Å². The first kappa shape index (κ1) is 84.6. The van der Waals surface area contributed by atoms with Gasteiger partial charge in [-0.25, -0.2) is 0 Å². The van der Waals surface area contributed by atoms with E-state index in [-0.39, 0.29) is 18.5 Å². The number of allylic oxidation sites excluding steroid dienone is 9. The Kier molecular flexibility index (Phi) is 73.9. The Morgan fingerprint density at radius 3 is 0.897 bits per heavy atom. The molecule has 2 unspecified atom stereocenters. The maximum absolute atomic E-state index is 12.5. The normalized spacial score (nSPS) is 12.8. The molecule has 0 aromatic carbocycles. The van der Waals surface area contributed by atoms with Crippen LogP contribution in [0, 0.1) is 0 Å². The molecule has 0 aliphatic rings. The highest BCUT2D eigenvalue weighted by atomic mass is 16.5. The van der Waals surface area contributed by atoms with E-state index >= 15 is 0 Å². The minimum absolute atomic E-state index is 0.00457. The Morgan fingerprint density at radius 1 is 0.322 bits per heavy atom. The summed E-state index contributed by atoms with van der Waals surface area (Å²) in [5.41, 5.74) is 0. The molecule has 0 heterocycles. The monoisotopic (exact) mass is 1220 g/mol. The fourth-order valence-corrected chi connectivity index (χ4v) is 12.1. The molecule has 0 saturated carbocycles. The number of ether oxygens (including phenoxy) is 1. The van der Waals surface area contributed by atoms with Crippen molar-refractivity contribution in [2.45, 2.75) is 431 Å². The second-order valence-corrected chi connectivity index (χ2v) is 26.7. The molecule has 0 aromatic heterocycles. The van der Waals surface area contributed by atoms with Crippen molar-refractivity contribution in [3.63, 3.8) is 0 Å². The van der Waals surface area contributed by atoms with Gasteiger partial charge in [0.2, 0.25) is 5.91 Å². The van der Waals surface area contributed by atoms with Crippen molar-refractivity contribution in [1.29, 1.82) is 0 Å². The second-order valence-electron chi connectivity index (χ2n) is 26.7. The number of carbonyl (C=O) groups excluding carboxylic acids is 2. The van der Waals surface area contributed by atoms with Gasteiger partial charge in [0, 0.05) is 12.8 Å². The van der Waals surface area contributed by atoms with Crippen LogP contribution in [0.4, 0.5) is 0 Å². The standard InChI is InChI=1S/C81H151NO5/c1-3-5-7-9-11-13-15-17-19-20-42-46-49-53-57-61-65-69-73-79(84)78(77-83)82-80(85)74-70-66-62-58-54-50-47-43-40-38-36-34-32-30-28-26-24-22-21-23-25-27-29-31-33-35-37-39-41-44-48-52-56-60-64-68-72-76-87-81(86)75-71-67-63-59-55-51-45-18-16-14-12-10-8-6-4-2/h12,14,18,21,23,27,29,45,69,73,78-79,83-84H,3-11,13,15-17,19-20,22,24-26,28,30-44,46-68,70-72,74-77H2,1-2H3,(H,82,85)/b14-12-,23-21-,29-27-,45-18-,73-69+. The molecule has 0 fully saturated rings. The van der Waals surface area contributed by atoms with Crippen LogP contribution >= 0.6 is 0 Å². The van der Waals surface area contributed by atoms with Gasteiger partial charge in [-0.2, -0.15) is 0 Å². The molecule has 87 heavy (non-hydrogen) atoms. The number of unbranched alkanes of at least 4 members (excludes halogenated alkanes) is 54. The molecule has 3 N–H and O–H groups in total. The highest BCUT2D eigenvalue weighted by Gasteiger charge is 2.18. The fourth-order valence-electron chi connectivity index (χ4n) is 12.1. The van der Waals surface area contributed by atoms with E-state index in [1.54, 1.807) is 6.08 Å². The zero-order valence-corrected chi connectivity index (χ0v) is 58.5. The van der Waals surface area contributed by atoms with Crippen LogP contribution in [0.15, 0.2) is 60.8 Å². The minimum Gasteiger partial charge on any atom is -0.466 e. The maximum atomic E-state index is 12.5. The molecule has 0 bridgehead atoms. The summed E-state index contributed by atoms with van der Waals surface area (Å²) >= 11 is 0. The third-order valence-electron chi connectivity index (χ3n) is 18.0. The summed E-state index contributed by atoms with van der Waals surface area (Å²) in [7, 11) is 0. The number of aliphatic hydroxyl groups is 2. The number of aliphatic hydroxyl groups excluding tert-OH is 2. The maximum Gasteiger partial charge on any atom is 0.305 e. The van der Waals surface area contributed by atoms with Gasteiger partial charge in [0.1, 0.15) is 0 Å². The van der Waals surface area contributed by atoms with Gasteiger partial charge in [-0.3, -0.25) is 9.59 Å². The number of amides is 1. The van der Waals surface area contributed by atoms with Crippen molar-refractivity contribution >= 4 is 11.9 Å². The molecule has 1 amide bonds. The van der Waals surface area contributed by atoms with E-state index in [0.717, 1.165) is 57.8 Å². The predicted octanol–water partition coefficient (Wildman–Crippen LogP) is 25.8. The molecule has 0 spiro atoms. The summed E-state index contributed by atoms with van der Waals surface area (Å²) in [5, 5.41) is 23.2. The molecule has 0 aromatic rings. The van der Waals surface area contributed by atoms with Crippen LogP contribution in [0.5, 0.6) is 0 Å². The van der Waals surface area contributed by atoms with Gasteiger partial charge in [0.25, 0.3) is 0 Å². The molecule has 510 valence electrons. The van der Waals surface area contributed by atoms with Gasteiger partial charge in [-0.15, -0.1) is 0 Å². The lowest BCUT2D eigenvalue weighted by atomic mass is 10.0. The summed E-state index contributed by atoms with van der Waals surface area (Å²) in [6.45, 7) is 4.90. The quantitative estimate of drug-likeness (QED) is 0.0320. The number of hydrogen-bond acceptors (Lipinski definition) is 5. The minimum atomic E-state index is -0.844. The van der Waals surface area contributed by atoms with E-state index in [1.807, 2.05) is 6.08 Å². The van der Waals surface area contributed by atoms with Crippen LogP contribution in [0.2, 0.25) is 0 Å². The molecule has 0 rings (SSSR count). The van der Waals surface area contributed by atoms with Crippen molar-refractivity contribution in [3.05, 3.63) is 60.8 Å². The predicted molar refractivity (Wildman–Crippen MR) is 384 cm³/mol. The van der Waals surface area contributed by atoms with Gasteiger partial charge in [0.15, 0.2) is 0 Å². The summed E-state index contributed by atoms with van der Waals surface area (Å²) in [6.07, 6.45) is 102. The zero-order valence-electron chi connectivity index (χ0n) is 58.5. The topological polar surface area (TPSA) is 95.9 Å². The molecule has 2 atom stereocenters. The Bertz CT molecular complexity index is 1500. The van der Waals surface area contributed by atoms with Crippen molar-refractivity contribution in [2.75, 3.05) is 13.2 Å². The van der Waals surface area contributed by atoms with Gasteiger partial charge in [-0.1, -0.05) is 370 Å². The van der Waals surface area contributed by atoms with Crippen molar-refractivity contribution < 1.29 is 24.5 Å². The van der Waals surface area contributed by atoms with Crippen LogP contribution in [-0.2, 0) is 14.3 Å². The highest BCUT2D eigenvalue weighted by molar-refractivity contribution is 5.76. The Labute approximate surface area is 543 Å². The Balaban J connectivity index is 3.39. The van der Waals surface area contributed by atoms with E-state index in [0.29, 0.717) is 19.4 Å². The lowest BCUT2D eigenvalue weighted by Gasteiger charge is -2.20. The van der Waals surface area contributed by atoms with Crippen molar-refractivity contribution in [1.82, 2.24) is 5.32 Å². The van der Waals surface area contributed by atoms with Gasteiger partial charge in [0.05, 0.1) is 25.4 Å². The largest absolute Gasteiger partial charge is 0.466 e. The first-order chi connectivity index (χ1) is 43.0. The van der Waals surface area contributed by atoms with Crippen molar-refractivity contribution in [3.8, 4) is 0 Å². The zero-order chi connectivity index (χ0) is 62.8. The van der Waals surface area contributed by atoms with Crippen LogP contribution in [0.3, 0.4) is 0 Å². The van der Waals surface area contributed by atoms with Crippen LogP contribution < -0.4 is 5.32 Å². The Morgan fingerprint density at radius 2 is 0.575 bits per heavy atom. The number of esters is 1. The Hall–Kier alpha value is -2.44. The molecule has 0 aliphatic carbocycles. The van der Waals surface area contributed by atoms with Crippen LogP contribution in [-0.4, -0.2) is 47.4 Å². The fraction of sp³-hybridized carbons (Fsp3) is 0.852. The molecule has 6 nitrogen and oxygen atoms in total. The third kappa shape index (κ3) is 72.5. The number of nitrogens with one attached hydrogen (secondary N) is 1. The molecule has 0 aliphatic heterocycles. The smallest absolute Gasteiger partial charge is 0.305 e. The average molecular weight is 1220 g/mol. The van der Waals surface area contributed by atoms with E-state index in [4.69, 9.17) is 4.74 Å². The summed E-state index contributed by atoms with van der Waals surface area (Å²) in [6, 6.07) is -0.627. The summed E-state index contributed by atoms with van der Waals surface area (Å²) < 4.78 is 5.49. The second kappa shape index (κ2) is 76.0. The number of carbonyl (C=O) groups is 2. The third-order valence-corrected chi connectivity index (χ3v) is 18.0. The SMILES string of the molecule is CCCCC/C=C\C/C=C\CCCCCCCC(=O)OCCCCCCCCCCCCCCC/C=C\C/C=C\CCCCCCCCCCCCCCCCCCCC(=O)NC(CO)C(O)/C=C/CCCCCCCCCCCCCCCCCC. The highest BCUT2D eigenvalue weighted by Crippen LogP contribution is 2.19. The first-order valence-corrected chi connectivity index (χ1v) is 39.1. The summed E-state index contributed by atoms with van der Waals surface area (Å²) in [5.74, 6) is -0.0577. The van der Waals surface area contributed by atoms with Crippen LogP contribution in [0.25, 0.3) is 0 Å². The first-order valence-electron chi connectivity index (χ1n) is 39.1. The summed E-state index contributed by atoms with van der Waals surface area (Å²) in [4.78, 5) is 24.6. The van der Waals surface area contributed by atoms with E-state index in [2.05, 4.69) is 67.8 Å². The average Bonchev–Trinajstić information content (AvgIpc) is 3.52. The molecular weight excluding hydrogens is 1070 g/mol. The van der Waals surface area contributed by atoms with Gasteiger partial charge >= 0.3 is 5.97 Å². The van der Waals surface area contributed by atoms with Crippen LogP contribution in [0.1, 0.15) is 418 Å². The molecular formula is C81H151NO5. The van der Waals surface area contributed by atoms with E-state index in [9.17, 15) is 19.8 Å². The lowest BCUT2D eigenvalue weighted by molar-refractivity contribution is -0.143. The lowest BCUT2D eigenvalue weighted by Crippen LogP contribution is -2.45. The van der Waals surface area contributed by atoms with Crippen molar-refractivity contribution in [2.24, 2.45) is 0 Å². The van der Waals surface area contributed by atoms with Gasteiger partial charge in [-0.05, 0) is 96.3 Å². The number of hydrogen-bond donors (Lipinski definition) is 3. The molecule has 0 saturated heterocycles. The van der Waals surface area contributed by atoms with Gasteiger partial charge < -0.3 is 20.3 Å².